The highest BCUT2D eigenvalue weighted by Crippen LogP contribution is 2.58. The number of fused-ring (bicyclic) bond motifs is 5. The summed E-state index contributed by atoms with van der Waals surface area (Å²) in [6.45, 7) is 4.48. The van der Waals surface area contributed by atoms with Crippen LogP contribution < -0.4 is 0 Å². The Morgan fingerprint density at radius 1 is 1.33 bits per heavy atom. The number of hydrogen-bond donors (Lipinski definition) is 0. The van der Waals surface area contributed by atoms with Crippen LogP contribution in [0.4, 0.5) is 0 Å². The number of benzene rings is 1. The van der Waals surface area contributed by atoms with Crippen LogP contribution in [0.5, 0.6) is 0 Å². The van der Waals surface area contributed by atoms with Crippen LogP contribution in [0.1, 0.15) is 67.4 Å². The molecule has 2 atom stereocenters. The second kappa shape index (κ2) is 4.56. The van der Waals surface area contributed by atoms with Crippen molar-refractivity contribution in [3.63, 3.8) is 0 Å². The number of carbonyl (C=O) groups is 1. The summed E-state index contributed by atoms with van der Waals surface area (Å²) in [6, 6.07) is 6.64. The normalized spacial score (nSPS) is 30.1. The van der Waals surface area contributed by atoms with Crippen molar-refractivity contribution in [3.8, 4) is 0 Å². The largest absolute Gasteiger partial charge is 0.294 e. The van der Waals surface area contributed by atoms with Crippen LogP contribution >= 0.6 is 0 Å². The van der Waals surface area contributed by atoms with E-state index >= 15 is 0 Å². The van der Waals surface area contributed by atoms with Crippen LogP contribution in [0.15, 0.2) is 29.8 Å². The molecule has 1 heteroatoms. The molecule has 3 aliphatic rings. The third-order valence-electron chi connectivity index (χ3n) is 5.92. The molecule has 1 fully saturated rings. The smallest absolute Gasteiger partial charge is 0.163 e. The molecule has 3 aliphatic carbocycles. The fourth-order valence-electron chi connectivity index (χ4n) is 5.07. The van der Waals surface area contributed by atoms with E-state index in [-0.39, 0.29) is 0 Å². The molecule has 1 aromatic rings. The van der Waals surface area contributed by atoms with E-state index in [2.05, 4.69) is 38.1 Å². The molecule has 0 amide bonds. The summed E-state index contributed by atoms with van der Waals surface area (Å²) in [5, 5.41) is 0. The van der Waals surface area contributed by atoms with Crippen molar-refractivity contribution >= 4 is 5.78 Å². The van der Waals surface area contributed by atoms with E-state index in [1.54, 1.807) is 5.57 Å². The molecule has 4 rings (SSSR count). The van der Waals surface area contributed by atoms with Gasteiger partial charge in [0.05, 0.1) is 0 Å². The van der Waals surface area contributed by atoms with Crippen LogP contribution in [0.2, 0.25) is 0 Å². The van der Waals surface area contributed by atoms with E-state index in [1.807, 2.05) is 0 Å². The average Bonchev–Trinajstić information content (AvgIpc) is 3.04. The lowest BCUT2D eigenvalue weighted by Gasteiger charge is -2.41. The summed E-state index contributed by atoms with van der Waals surface area (Å²) < 4.78 is 0. The van der Waals surface area contributed by atoms with Gasteiger partial charge in [-0.25, -0.2) is 0 Å². The first-order valence-electron chi connectivity index (χ1n) is 8.43. The topological polar surface area (TPSA) is 17.1 Å². The first-order valence-corrected chi connectivity index (χ1v) is 8.43. The van der Waals surface area contributed by atoms with Gasteiger partial charge in [-0.3, -0.25) is 4.79 Å². The second-order valence-corrected chi connectivity index (χ2v) is 7.69. The van der Waals surface area contributed by atoms with Gasteiger partial charge in [-0.05, 0) is 55.1 Å². The highest BCUT2D eigenvalue weighted by Gasteiger charge is 2.51. The van der Waals surface area contributed by atoms with E-state index in [9.17, 15) is 4.79 Å². The standard InChI is InChI=1S/C20H24O/c1-13(2)10-15-4-3-5-17-19(15)18(21)8-9-20(17)12-14-6-7-16(20)11-14/h3-6,13,16H,7-12H2,1-2H3. The van der Waals surface area contributed by atoms with Crippen molar-refractivity contribution in [2.45, 2.75) is 57.8 Å². The predicted octanol–water partition coefficient (Wildman–Crippen LogP) is 4.84. The van der Waals surface area contributed by atoms with Gasteiger partial charge in [0.15, 0.2) is 5.78 Å². The molecule has 110 valence electrons. The maximum absolute atomic E-state index is 12.6. The molecule has 1 nitrogen and oxygen atoms in total. The van der Waals surface area contributed by atoms with Gasteiger partial charge < -0.3 is 0 Å². The molecule has 0 aromatic heterocycles. The van der Waals surface area contributed by atoms with Crippen LogP contribution in [-0.4, -0.2) is 5.78 Å². The van der Waals surface area contributed by atoms with Crippen molar-refractivity contribution < 1.29 is 4.79 Å². The lowest BCUT2D eigenvalue weighted by Crippen LogP contribution is -2.37. The molecule has 0 N–H and O–H groups in total. The number of hydrogen-bond acceptors (Lipinski definition) is 1. The molecular formula is C20H24O. The molecule has 0 aliphatic heterocycles. The van der Waals surface area contributed by atoms with Gasteiger partial charge in [0, 0.05) is 17.4 Å². The van der Waals surface area contributed by atoms with Gasteiger partial charge in [0.2, 0.25) is 0 Å². The fraction of sp³-hybridized carbons (Fsp3) is 0.550. The Morgan fingerprint density at radius 2 is 2.19 bits per heavy atom. The van der Waals surface area contributed by atoms with E-state index in [0.29, 0.717) is 17.1 Å². The highest BCUT2D eigenvalue weighted by atomic mass is 16.1. The van der Waals surface area contributed by atoms with E-state index in [0.717, 1.165) is 30.7 Å². The Bertz CT molecular complexity index is 637. The van der Waals surface area contributed by atoms with Crippen molar-refractivity contribution in [2.75, 3.05) is 0 Å². The first-order chi connectivity index (χ1) is 10.1. The number of rotatable bonds is 2. The van der Waals surface area contributed by atoms with Gasteiger partial charge in [0.25, 0.3) is 0 Å². The van der Waals surface area contributed by atoms with Crippen molar-refractivity contribution in [2.24, 2.45) is 11.8 Å². The number of carbonyl (C=O) groups excluding carboxylic acids is 1. The summed E-state index contributed by atoms with van der Waals surface area (Å²) in [4.78, 5) is 12.6. The first kappa shape index (κ1) is 13.3. The van der Waals surface area contributed by atoms with Crippen LogP contribution in [0.25, 0.3) is 0 Å². The summed E-state index contributed by atoms with van der Waals surface area (Å²) in [7, 11) is 0. The van der Waals surface area contributed by atoms with Crippen molar-refractivity contribution in [3.05, 3.63) is 46.5 Å². The molecule has 0 heterocycles. The zero-order valence-corrected chi connectivity index (χ0v) is 13.1. The van der Waals surface area contributed by atoms with Crippen LogP contribution in [0, 0.1) is 11.8 Å². The maximum atomic E-state index is 12.6. The zero-order valence-electron chi connectivity index (χ0n) is 13.1. The van der Waals surface area contributed by atoms with E-state index in [1.165, 1.54) is 30.4 Å². The molecule has 2 bridgehead atoms. The predicted molar refractivity (Wildman–Crippen MR) is 85.7 cm³/mol. The highest BCUT2D eigenvalue weighted by molar-refractivity contribution is 6.00. The number of Topliss-reactive ketones (excluding diaryl/α,β-unsaturated/α-hetero) is 1. The Labute approximate surface area is 127 Å². The molecular weight excluding hydrogens is 256 g/mol. The molecule has 1 aromatic carbocycles. The summed E-state index contributed by atoms with van der Waals surface area (Å²) >= 11 is 0. The lowest BCUT2D eigenvalue weighted by atomic mass is 9.61. The minimum atomic E-state index is 0.292. The van der Waals surface area contributed by atoms with Crippen LogP contribution in [-0.2, 0) is 11.8 Å². The fourth-order valence-corrected chi connectivity index (χ4v) is 5.07. The monoisotopic (exact) mass is 280 g/mol. The zero-order chi connectivity index (χ0) is 14.6. The third-order valence-corrected chi connectivity index (χ3v) is 5.92. The van der Waals surface area contributed by atoms with E-state index < -0.39 is 0 Å². The van der Waals surface area contributed by atoms with Crippen molar-refractivity contribution in [1.29, 1.82) is 0 Å². The average molecular weight is 280 g/mol. The quantitative estimate of drug-likeness (QED) is 0.708. The van der Waals surface area contributed by atoms with Crippen LogP contribution in [0.3, 0.4) is 0 Å². The summed E-state index contributed by atoms with van der Waals surface area (Å²) in [6.07, 6.45) is 9.03. The molecule has 1 saturated carbocycles. The summed E-state index contributed by atoms with van der Waals surface area (Å²) in [5.74, 6) is 1.75. The SMILES string of the molecule is CC(C)Cc1cccc2c1C(=O)CCC21CC2=CCC1C2. The Kier molecular flexibility index (Phi) is 2.89. The number of allylic oxidation sites excluding steroid dienone is 2. The van der Waals surface area contributed by atoms with Gasteiger partial charge in [-0.1, -0.05) is 43.7 Å². The maximum Gasteiger partial charge on any atom is 0.163 e. The number of ketones is 1. The Morgan fingerprint density at radius 3 is 2.86 bits per heavy atom. The minimum absolute atomic E-state index is 0.292. The lowest BCUT2D eigenvalue weighted by molar-refractivity contribution is 0.0938. The van der Waals surface area contributed by atoms with Gasteiger partial charge in [-0.2, -0.15) is 0 Å². The van der Waals surface area contributed by atoms with E-state index in [4.69, 9.17) is 0 Å². The Balaban J connectivity index is 1.86. The van der Waals surface area contributed by atoms with Gasteiger partial charge >= 0.3 is 0 Å². The Hall–Kier alpha value is -1.37. The molecule has 1 spiro atoms. The molecule has 0 saturated heterocycles. The molecule has 0 radical (unpaired) electrons. The van der Waals surface area contributed by atoms with Gasteiger partial charge in [0.1, 0.15) is 0 Å². The third kappa shape index (κ3) is 1.86. The minimum Gasteiger partial charge on any atom is -0.294 e. The second-order valence-electron chi connectivity index (χ2n) is 7.69. The summed E-state index contributed by atoms with van der Waals surface area (Å²) in [5.41, 5.74) is 5.73. The van der Waals surface area contributed by atoms with Crippen molar-refractivity contribution in [1.82, 2.24) is 0 Å². The molecule has 21 heavy (non-hydrogen) atoms. The van der Waals surface area contributed by atoms with Gasteiger partial charge in [-0.15, -0.1) is 0 Å². The molecule has 2 unspecified atom stereocenters.